The van der Waals surface area contributed by atoms with Crippen molar-refractivity contribution in [2.24, 2.45) is 0 Å². The minimum absolute atomic E-state index is 0.204. The zero-order chi connectivity index (χ0) is 20.5. The van der Waals surface area contributed by atoms with Crippen molar-refractivity contribution in [3.05, 3.63) is 47.8 Å². The number of aromatic nitrogens is 2. The van der Waals surface area contributed by atoms with Gasteiger partial charge in [-0.15, -0.1) is 0 Å². The first kappa shape index (κ1) is 19.4. The number of H-pyrrole nitrogens is 2. The molecule has 6 nitrogen and oxygen atoms in total. The molecule has 152 valence electrons. The minimum atomic E-state index is 0.204. The fourth-order valence-electron chi connectivity index (χ4n) is 3.98. The van der Waals surface area contributed by atoms with Crippen LogP contribution in [0.25, 0.3) is 32.9 Å². The summed E-state index contributed by atoms with van der Waals surface area (Å²) >= 11 is 0. The lowest BCUT2D eigenvalue weighted by Gasteiger charge is -2.12. The lowest BCUT2D eigenvalue weighted by Crippen LogP contribution is -2.14. The van der Waals surface area contributed by atoms with Gasteiger partial charge >= 0.3 is 0 Å². The van der Waals surface area contributed by atoms with Gasteiger partial charge in [-0.2, -0.15) is 0 Å². The van der Waals surface area contributed by atoms with Crippen LogP contribution in [0.1, 0.15) is 11.1 Å². The first-order valence-corrected chi connectivity index (χ1v) is 9.94. The van der Waals surface area contributed by atoms with E-state index < -0.39 is 0 Å². The lowest BCUT2D eigenvalue weighted by atomic mass is 9.96. The number of hydrogen-bond donors (Lipinski definition) is 5. The number of likely N-dealkylation sites (N-methyl/N-ethyl adjacent to an activating group) is 2. The third-order valence-electron chi connectivity index (χ3n) is 5.56. The molecule has 2 heterocycles. The van der Waals surface area contributed by atoms with Crippen molar-refractivity contribution >= 4 is 21.8 Å². The quantitative estimate of drug-likeness (QED) is 0.333. The van der Waals surface area contributed by atoms with Crippen LogP contribution in [0, 0.1) is 0 Å². The summed E-state index contributed by atoms with van der Waals surface area (Å²) in [4.78, 5) is 8.61. The molecule has 4 rings (SSSR count). The fourth-order valence-corrected chi connectivity index (χ4v) is 3.98. The molecule has 0 aliphatic carbocycles. The van der Waals surface area contributed by atoms with Crippen LogP contribution in [0.15, 0.2) is 36.7 Å². The Balaban J connectivity index is 1.83. The molecule has 0 aliphatic heterocycles. The summed E-state index contributed by atoms with van der Waals surface area (Å²) in [6, 6.07) is 7.65. The number of aromatic amines is 2. The maximum atomic E-state index is 11.1. The molecule has 0 saturated heterocycles. The van der Waals surface area contributed by atoms with Gasteiger partial charge in [0.1, 0.15) is 11.5 Å². The molecule has 0 amide bonds. The van der Waals surface area contributed by atoms with Crippen LogP contribution in [0.3, 0.4) is 0 Å². The average molecular weight is 393 g/mol. The van der Waals surface area contributed by atoms with Crippen molar-refractivity contribution in [1.29, 1.82) is 0 Å². The second kappa shape index (κ2) is 7.81. The highest BCUT2D eigenvalue weighted by atomic mass is 16.3. The highest BCUT2D eigenvalue weighted by Gasteiger charge is 2.19. The Morgan fingerprint density at radius 3 is 1.83 bits per heavy atom. The molecular formula is C23H28N4O2. The summed E-state index contributed by atoms with van der Waals surface area (Å²) in [6.07, 6.45) is 5.55. The van der Waals surface area contributed by atoms with E-state index in [0.717, 1.165) is 58.9 Å². The smallest absolute Gasteiger partial charge is 0.133 e. The van der Waals surface area contributed by atoms with Gasteiger partial charge < -0.3 is 30.4 Å². The molecule has 0 bridgehead atoms. The lowest BCUT2D eigenvalue weighted by molar-refractivity contribution is 0.414. The van der Waals surface area contributed by atoms with Gasteiger partial charge in [0, 0.05) is 51.9 Å². The maximum absolute atomic E-state index is 11.1. The third kappa shape index (κ3) is 3.45. The molecule has 0 radical (unpaired) electrons. The van der Waals surface area contributed by atoms with E-state index in [4.69, 9.17) is 0 Å². The van der Waals surface area contributed by atoms with Crippen molar-refractivity contribution in [3.63, 3.8) is 0 Å². The van der Waals surface area contributed by atoms with Crippen molar-refractivity contribution < 1.29 is 10.2 Å². The molecule has 5 N–H and O–H groups in total. The first-order chi connectivity index (χ1) is 14.0. The number of rotatable bonds is 7. The molecule has 6 heteroatoms. The highest BCUT2D eigenvalue weighted by Crippen LogP contribution is 2.44. The van der Waals surface area contributed by atoms with Crippen molar-refractivity contribution in [1.82, 2.24) is 20.2 Å². The predicted octanol–water partition coefficient (Wildman–Crippen LogP) is 3.59. The third-order valence-corrected chi connectivity index (χ3v) is 5.56. The Labute approximate surface area is 170 Å². The Morgan fingerprint density at radius 1 is 0.828 bits per heavy atom. The van der Waals surface area contributed by atoms with Gasteiger partial charge in [0.25, 0.3) is 0 Å². The van der Waals surface area contributed by atoms with E-state index in [1.165, 1.54) is 0 Å². The number of nitrogens with zero attached hydrogens (tertiary/aromatic N) is 1. The van der Waals surface area contributed by atoms with E-state index in [0.29, 0.717) is 11.1 Å². The van der Waals surface area contributed by atoms with Gasteiger partial charge in [-0.25, -0.2) is 0 Å². The normalized spacial score (nSPS) is 11.9. The summed E-state index contributed by atoms with van der Waals surface area (Å²) in [5.74, 6) is 0.411. The van der Waals surface area contributed by atoms with Crippen LogP contribution in [-0.2, 0) is 12.8 Å². The van der Waals surface area contributed by atoms with Crippen LogP contribution >= 0.6 is 0 Å². The zero-order valence-electron chi connectivity index (χ0n) is 17.1. The van der Waals surface area contributed by atoms with E-state index in [9.17, 15) is 10.2 Å². The van der Waals surface area contributed by atoms with Crippen LogP contribution in [0.5, 0.6) is 11.5 Å². The van der Waals surface area contributed by atoms with E-state index in [-0.39, 0.29) is 11.5 Å². The summed E-state index contributed by atoms with van der Waals surface area (Å²) in [5.41, 5.74) is 5.21. The molecule has 0 spiro atoms. The van der Waals surface area contributed by atoms with Gasteiger partial charge in [-0.3, -0.25) is 0 Å². The monoisotopic (exact) mass is 392 g/mol. The zero-order valence-corrected chi connectivity index (χ0v) is 17.1. The minimum Gasteiger partial charge on any atom is -0.507 e. The van der Waals surface area contributed by atoms with Gasteiger partial charge in [-0.1, -0.05) is 0 Å². The Hall–Kier alpha value is -2.96. The van der Waals surface area contributed by atoms with E-state index in [1.54, 1.807) is 0 Å². The van der Waals surface area contributed by atoms with Crippen molar-refractivity contribution in [3.8, 4) is 22.6 Å². The summed E-state index contributed by atoms with van der Waals surface area (Å²) < 4.78 is 0. The van der Waals surface area contributed by atoms with Gasteiger partial charge in [-0.05, 0) is 75.9 Å². The number of nitrogens with one attached hydrogen (secondary N) is 3. The Bertz CT molecular complexity index is 1160. The molecule has 0 saturated carbocycles. The molecule has 0 atom stereocenters. The second-order valence-corrected chi connectivity index (χ2v) is 7.80. The number of benzene rings is 2. The van der Waals surface area contributed by atoms with Gasteiger partial charge in [0.15, 0.2) is 0 Å². The molecular weight excluding hydrogens is 364 g/mol. The standard InChI is InChI=1S/C23H28N4O2/c1-24-10-8-14-12-25-18-6-4-16(22(28)20(14)18)17-5-7-19-21(23(17)29)15(13-26-19)9-11-27(2)3/h4-7,12-13,24-26,28-29H,8-11H2,1-3H3. The van der Waals surface area contributed by atoms with Crippen molar-refractivity contribution in [2.45, 2.75) is 12.8 Å². The molecule has 4 aromatic rings. The van der Waals surface area contributed by atoms with Crippen LogP contribution in [-0.4, -0.2) is 59.3 Å². The summed E-state index contributed by atoms with van der Waals surface area (Å²) in [5, 5.41) is 27.0. The number of fused-ring (bicyclic) bond motifs is 2. The fraction of sp³-hybridized carbons (Fsp3) is 0.304. The van der Waals surface area contributed by atoms with Crippen LogP contribution in [0.4, 0.5) is 0 Å². The molecule has 0 fully saturated rings. The van der Waals surface area contributed by atoms with Crippen LogP contribution < -0.4 is 5.32 Å². The molecule has 0 unspecified atom stereocenters. The molecule has 2 aromatic heterocycles. The summed E-state index contributed by atoms with van der Waals surface area (Å²) in [7, 11) is 5.99. The molecule has 29 heavy (non-hydrogen) atoms. The van der Waals surface area contributed by atoms with E-state index >= 15 is 0 Å². The summed E-state index contributed by atoms with van der Waals surface area (Å²) in [6.45, 7) is 1.72. The predicted molar refractivity (Wildman–Crippen MR) is 119 cm³/mol. The Morgan fingerprint density at radius 2 is 1.34 bits per heavy atom. The molecule has 0 aliphatic rings. The highest BCUT2D eigenvalue weighted by molar-refractivity contribution is 6.01. The largest absolute Gasteiger partial charge is 0.507 e. The van der Waals surface area contributed by atoms with Crippen molar-refractivity contribution in [2.75, 3.05) is 34.2 Å². The number of aromatic hydroxyl groups is 2. The van der Waals surface area contributed by atoms with Gasteiger partial charge in [0.2, 0.25) is 0 Å². The molecule has 2 aromatic carbocycles. The van der Waals surface area contributed by atoms with E-state index in [1.807, 2.05) is 57.8 Å². The first-order valence-electron chi connectivity index (χ1n) is 9.94. The topological polar surface area (TPSA) is 87.3 Å². The van der Waals surface area contributed by atoms with Crippen LogP contribution in [0.2, 0.25) is 0 Å². The SMILES string of the molecule is CNCCc1c[nH]c2ccc(-c3ccc4[nH]cc(CCN(C)C)c4c3O)c(O)c12. The maximum Gasteiger partial charge on any atom is 0.133 e. The van der Waals surface area contributed by atoms with Gasteiger partial charge in [0.05, 0.1) is 0 Å². The average Bonchev–Trinajstić information content (AvgIpc) is 3.30. The number of phenolic OH excluding ortho intramolecular Hbond substituents is 2. The number of hydrogen-bond acceptors (Lipinski definition) is 4. The van der Waals surface area contributed by atoms with E-state index in [2.05, 4.69) is 20.2 Å². The Kier molecular flexibility index (Phi) is 5.22. The second-order valence-electron chi connectivity index (χ2n) is 7.80. The number of phenols is 2.